The van der Waals surface area contributed by atoms with E-state index < -0.39 is 5.60 Å². The highest BCUT2D eigenvalue weighted by Crippen LogP contribution is 2.23. The van der Waals surface area contributed by atoms with E-state index in [0.29, 0.717) is 31.5 Å². The highest BCUT2D eigenvalue weighted by atomic mass is 79.9. The van der Waals surface area contributed by atoms with Crippen LogP contribution in [0.1, 0.15) is 30.1 Å². The molecule has 0 radical (unpaired) electrons. The summed E-state index contributed by atoms with van der Waals surface area (Å²) in [6.45, 7) is 2.84. The van der Waals surface area contributed by atoms with Crippen LogP contribution in [0.5, 0.6) is 0 Å². The van der Waals surface area contributed by atoms with E-state index in [-0.39, 0.29) is 16.2 Å². The zero-order valence-electron chi connectivity index (χ0n) is 10.1. The van der Waals surface area contributed by atoms with Gasteiger partial charge in [0.2, 0.25) is 0 Å². The van der Waals surface area contributed by atoms with Gasteiger partial charge in [-0.1, -0.05) is 0 Å². The smallest absolute Gasteiger partial charge is 0.253 e. The number of amides is 1. The Morgan fingerprint density at radius 2 is 2.06 bits per heavy atom. The molecule has 0 bridgehead atoms. The summed E-state index contributed by atoms with van der Waals surface area (Å²) >= 11 is 3.07. The molecule has 2 rings (SSSR count). The van der Waals surface area contributed by atoms with Crippen LogP contribution in [0.2, 0.25) is 0 Å². The normalized spacial score (nSPS) is 18.8. The number of hydrogen-bond acceptors (Lipinski definition) is 2. The molecule has 1 amide bonds. The van der Waals surface area contributed by atoms with E-state index in [2.05, 4.69) is 15.9 Å². The Morgan fingerprint density at radius 3 is 2.61 bits per heavy atom. The van der Waals surface area contributed by atoms with Gasteiger partial charge in [0, 0.05) is 18.7 Å². The Hall–Kier alpha value is -0.940. The van der Waals surface area contributed by atoms with Crippen LogP contribution in [0.25, 0.3) is 0 Å². The molecular formula is C13H15BrFNO2. The molecule has 0 unspecified atom stereocenters. The quantitative estimate of drug-likeness (QED) is 0.865. The van der Waals surface area contributed by atoms with E-state index in [1.165, 1.54) is 18.2 Å². The van der Waals surface area contributed by atoms with Crippen molar-refractivity contribution in [2.75, 3.05) is 13.1 Å². The van der Waals surface area contributed by atoms with E-state index in [1.807, 2.05) is 0 Å². The maximum absolute atomic E-state index is 13.1. The average molecular weight is 316 g/mol. The van der Waals surface area contributed by atoms with Gasteiger partial charge in [-0.05, 0) is 53.9 Å². The van der Waals surface area contributed by atoms with Crippen molar-refractivity contribution in [3.63, 3.8) is 0 Å². The maximum Gasteiger partial charge on any atom is 0.253 e. The van der Waals surface area contributed by atoms with Crippen molar-refractivity contribution < 1.29 is 14.3 Å². The SMILES string of the molecule is CC1(O)CCN(C(=O)c2ccc(F)c(Br)c2)CC1. The van der Waals surface area contributed by atoms with Gasteiger partial charge in [0.25, 0.3) is 5.91 Å². The van der Waals surface area contributed by atoms with Crippen molar-refractivity contribution >= 4 is 21.8 Å². The van der Waals surface area contributed by atoms with E-state index in [9.17, 15) is 14.3 Å². The molecule has 1 aliphatic heterocycles. The molecule has 0 spiro atoms. The number of likely N-dealkylation sites (tertiary alicyclic amines) is 1. The first-order valence-corrected chi connectivity index (χ1v) is 6.65. The second-order valence-electron chi connectivity index (χ2n) is 4.92. The first-order chi connectivity index (χ1) is 8.39. The summed E-state index contributed by atoms with van der Waals surface area (Å²) in [6, 6.07) is 4.25. The summed E-state index contributed by atoms with van der Waals surface area (Å²) in [7, 11) is 0. The molecule has 0 saturated carbocycles. The molecule has 1 aromatic carbocycles. The lowest BCUT2D eigenvalue weighted by molar-refractivity contribution is -0.00202. The first-order valence-electron chi connectivity index (χ1n) is 5.86. The summed E-state index contributed by atoms with van der Waals surface area (Å²) in [5.41, 5.74) is -0.218. The third-order valence-electron chi connectivity index (χ3n) is 3.29. The molecule has 0 aromatic heterocycles. The Morgan fingerprint density at radius 1 is 1.44 bits per heavy atom. The van der Waals surface area contributed by atoms with Gasteiger partial charge in [0.05, 0.1) is 10.1 Å². The van der Waals surface area contributed by atoms with E-state index in [0.717, 1.165) is 0 Å². The summed E-state index contributed by atoms with van der Waals surface area (Å²) in [6.07, 6.45) is 1.14. The third kappa shape index (κ3) is 2.90. The number of halogens is 2. The number of carbonyl (C=O) groups excluding carboxylic acids is 1. The van der Waals surface area contributed by atoms with Crippen LogP contribution in [0.3, 0.4) is 0 Å². The van der Waals surface area contributed by atoms with Crippen LogP contribution >= 0.6 is 15.9 Å². The second kappa shape index (κ2) is 4.97. The lowest BCUT2D eigenvalue weighted by Crippen LogP contribution is -2.45. The minimum absolute atomic E-state index is 0.119. The minimum Gasteiger partial charge on any atom is -0.390 e. The highest BCUT2D eigenvalue weighted by molar-refractivity contribution is 9.10. The zero-order valence-corrected chi connectivity index (χ0v) is 11.7. The fourth-order valence-corrected chi connectivity index (χ4v) is 2.38. The molecular weight excluding hydrogens is 301 g/mol. The van der Waals surface area contributed by atoms with Gasteiger partial charge in [0.1, 0.15) is 5.82 Å². The Bertz CT molecular complexity index is 466. The summed E-state index contributed by atoms with van der Waals surface area (Å²) in [4.78, 5) is 13.9. The van der Waals surface area contributed by atoms with Crippen molar-refractivity contribution in [1.29, 1.82) is 0 Å². The molecule has 1 saturated heterocycles. The molecule has 0 aliphatic carbocycles. The van der Waals surface area contributed by atoms with Crippen molar-refractivity contribution in [1.82, 2.24) is 4.90 Å². The lowest BCUT2D eigenvalue weighted by atomic mass is 9.93. The third-order valence-corrected chi connectivity index (χ3v) is 3.90. The van der Waals surface area contributed by atoms with Crippen LogP contribution < -0.4 is 0 Å². The van der Waals surface area contributed by atoms with Gasteiger partial charge in [0.15, 0.2) is 0 Å². The number of hydrogen-bond donors (Lipinski definition) is 1. The largest absolute Gasteiger partial charge is 0.390 e. The first kappa shape index (κ1) is 13.5. The van der Waals surface area contributed by atoms with Crippen molar-refractivity contribution in [2.24, 2.45) is 0 Å². The van der Waals surface area contributed by atoms with Gasteiger partial charge >= 0.3 is 0 Å². The maximum atomic E-state index is 13.1. The number of carbonyl (C=O) groups is 1. The molecule has 1 aliphatic rings. The number of rotatable bonds is 1. The molecule has 1 fully saturated rings. The number of aliphatic hydroxyl groups is 1. The fourth-order valence-electron chi connectivity index (χ4n) is 2.00. The molecule has 3 nitrogen and oxygen atoms in total. The van der Waals surface area contributed by atoms with Gasteiger partial charge < -0.3 is 10.0 Å². The van der Waals surface area contributed by atoms with Gasteiger partial charge in [-0.2, -0.15) is 0 Å². The molecule has 1 N–H and O–H groups in total. The van der Waals surface area contributed by atoms with Crippen molar-refractivity contribution in [3.8, 4) is 0 Å². The predicted molar refractivity (Wildman–Crippen MR) is 69.9 cm³/mol. The zero-order chi connectivity index (χ0) is 13.3. The van der Waals surface area contributed by atoms with Crippen LogP contribution in [0, 0.1) is 5.82 Å². The standard InChI is InChI=1S/C13H15BrFNO2/c1-13(18)4-6-16(7-5-13)12(17)9-2-3-11(15)10(14)8-9/h2-3,8,18H,4-7H2,1H3. The summed E-state index contributed by atoms with van der Waals surface area (Å²) in [5.74, 6) is -0.501. The number of nitrogens with zero attached hydrogens (tertiary/aromatic N) is 1. The molecule has 18 heavy (non-hydrogen) atoms. The topological polar surface area (TPSA) is 40.5 Å². The minimum atomic E-state index is -0.680. The monoisotopic (exact) mass is 315 g/mol. The fraction of sp³-hybridized carbons (Fsp3) is 0.462. The van der Waals surface area contributed by atoms with E-state index in [1.54, 1.807) is 11.8 Å². The van der Waals surface area contributed by atoms with Crippen LogP contribution in [0.4, 0.5) is 4.39 Å². The average Bonchev–Trinajstić information content (AvgIpc) is 2.32. The Labute approximate surface area is 114 Å². The molecule has 5 heteroatoms. The van der Waals surface area contributed by atoms with Crippen molar-refractivity contribution in [3.05, 3.63) is 34.1 Å². The van der Waals surface area contributed by atoms with Crippen LogP contribution in [-0.2, 0) is 0 Å². The molecule has 1 heterocycles. The highest BCUT2D eigenvalue weighted by Gasteiger charge is 2.30. The van der Waals surface area contributed by atoms with Gasteiger partial charge in [-0.15, -0.1) is 0 Å². The van der Waals surface area contributed by atoms with Crippen molar-refractivity contribution in [2.45, 2.75) is 25.4 Å². The van der Waals surface area contributed by atoms with Gasteiger partial charge in [-0.3, -0.25) is 4.79 Å². The van der Waals surface area contributed by atoms with E-state index >= 15 is 0 Å². The second-order valence-corrected chi connectivity index (χ2v) is 5.77. The number of piperidine rings is 1. The summed E-state index contributed by atoms with van der Waals surface area (Å²) < 4.78 is 13.4. The molecule has 1 aromatic rings. The Balaban J connectivity index is 2.10. The Kier molecular flexibility index (Phi) is 3.73. The summed E-state index contributed by atoms with van der Waals surface area (Å²) in [5, 5.41) is 9.83. The van der Waals surface area contributed by atoms with Crippen LogP contribution in [-0.4, -0.2) is 34.6 Å². The van der Waals surface area contributed by atoms with Crippen LogP contribution in [0.15, 0.2) is 22.7 Å². The van der Waals surface area contributed by atoms with E-state index in [4.69, 9.17) is 0 Å². The molecule has 98 valence electrons. The molecule has 0 atom stereocenters. The lowest BCUT2D eigenvalue weighted by Gasteiger charge is -2.35. The number of benzene rings is 1. The predicted octanol–water partition coefficient (Wildman–Crippen LogP) is 2.58. The van der Waals surface area contributed by atoms with Gasteiger partial charge in [-0.25, -0.2) is 4.39 Å².